The number of hydrazone groups is 1. The molecule has 3 rings (SSSR count). The van der Waals surface area contributed by atoms with Gasteiger partial charge in [0.2, 0.25) is 0 Å². The molecule has 0 fully saturated rings. The van der Waals surface area contributed by atoms with Gasteiger partial charge in [0.05, 0.1) is 18.4 Å². The van der Waals surface area contributed by atoms with Crippen LogP contribution in [0.4, 0.5) is 0 Å². The fraction of sp³-hybridized carbons (Fsp3) is 0.130. The Labute approximate surface area is 174 Å². The maximum atomic E-state index is 12.5. The molecule has 0 heterocycles. The second-order valence-electron chi connectivity index (χ2n) is 6.11. The van der Waals surface area contributed by atoms with Crippen molar-refractivity contribution >= 4 is 23.7 Å². The number of benzene rings is 3. The van der Waals surface area contributed by atoms with Crippen LogP contribution in [0.3, 0.4) is 0 Å². The van der Waals surface area contributed by atoms with Crippen molar-refractivity contribution in [3.63, 3.8) is 0 Å². The van der Waals surface area contributed by atoms with Crippen molar-refractivity contribution in [3.8, 4) is 11.5 Å². The van der Waals surface area contributed by atoms with E-state index >= 15 is 0 Å². The van der Waals surface area contributed by atoms with E-state index in [1.54, 1.807) is 36.5 Å². The molecule has 0 saturated carbocycles. The molecule has 0 unspecified atom stereocenters. The van der Waals surface area contributed by atoms with Gasteiger partial charge >= 0.3 is 0 Å². The summed E-state index contributed by atoms with van der Waals surface area (Å²) < 4.78 is 11.2. The standard InChI is InChI=1S/C23H21ClN2O3/c1-2-28-20-13-9-17(10-14-20)15-25-26-23(27)21-5-3-4-6-22(21)29-16-18-7-11-19(24)12-8-18/h3-15H,2,16H2,1H3,(H,26,27)/b25-15-. The first kappa shape index (κ1) is 20.4. The Morgan fingerprint density at radius 3 is 2.45 bits per heavy atom. The summed E-state index contributed by atoms with van der Waals surface area (Å²) in [4.78, 5) is 12.5. The molecule has 3 aromatic rings. The van der Waals surface area contributed by atoms with Crippen LogP contribution in [0, 0.1) is 0 Å². The Bertz CT molecular complexity index is 970. The minimum Gasteiger partial charge on any atom is -0.494 e. The molecule has 1 amide bonds. The van der Waals surface area contributed by atoms with E-state index in [-0.39, 0.29) is 5.91 Å². The summed E-state index contributed by atoms with van der Waals surface area (Å²) >= 11 is 5.90. The van der Waals surface area contributed by atoms with Gasteiger partial charge in [-0.2, -0.15) is 5.10 Å². The van der Waals surface area contributed by atoms with Gasteiger partial charge in [-0.05, 0) is 66.6 Å². The third-order valence-electron chi connectivity index (χ3n) is 4.01. The van der Waals surface area contributed by atoms with E-state index in [0.717, 1.165) is 16.9 Å². The number of nitrogens with zero attached hydrogens (tertiary/aromatic N) is 1. The molecular formula is C23H21ClN2O3. The van der Waals surface area contributed by atoms with Crippen molar-refractivity contribution in [3.05, 3.63) is 94.5 Å². The molecule has 0 atom stereocenters. The van der Waals surface area contributed by atoms with Crippen LogP contribution in [0.15, 0.2) is 77.9 Å². The molecule has 0 aliphatic carbocycles. The summed E-state index contributed by atoms with van der Waals surface area (Å²) in [5.41, 5.74) is 4.75. The van der Waals surface area contributed by atoms with Crippen LogP contribution in [0.5, 0.6) is 11.5 Å². The summed E-state index contributed by atoms with van der Waals surface area (Å²) in [7, 11) is 0. The quantitative estimate of drug-likeness (QED) is 0.417. The van der Waals surface area contributed by atoms with Crippen molar-refractivity contribution in [2.24, 2.45) is 5.10 Å². The molecule has 0 saturated heterocycles. The highest BCUT2D eigenvalue weighted by Gasteiger charge is 2.11. The van der Waals surface area contributed by atoms with Crippen molar-refractivity contribution in [2.75, 3.05) is 6.61 Å². The smallest absolute Gasteiger partial charge is 0.275 e. The van der Waals surface area contributed by atoms with Crippen molar-refractivity contribution in [1.29, 1.82) is 0 Å². The number of hydrogen-bond acceptors (Lipinski definition) is 4. The van der Waals surface area contributed by atoms with E-state index in [4.69, 9.17) is 21.1 Å². The van der Waals surface area contributed by atoms with Gasteiger partial charge in [-0.15, -0.1) is 0 Å². The van der Waals surface area contributed by atoms with E-state index in [1.165, 1.54) is 0 Å². The Morgan fingerprint density at radius 2 is 1.72 bits per heavy atom. The molecule has 29 heavy (non-hydrogen) atoms. The van der Waals surface area contributed by atoms with Gasteiger partial charge in [-0.25, -0.2) is 5.43 Å². The van der Waals surface area contributed by atoms with Crippen molar-refractivity contribution in [2.45, 2.75) is 13.5 Å². The summed E-state index contributed by atoms with van der Waals surface area (Å²) in [6, 6.07) is 21.8. The summed E-state index contributed by atoms with van der Waals surface area (Å²) in [6.07, 6.45) is 1.57. The number of halogens is 1. The Morgan fingerprint density at radius 1 is 1.00 bits per heavy atom. The Hall–Kier alpha value is -3.31. The van der Waals surface area contributed by atoms with Gasteiger partial charge in [-0.3, -0.25) is 4.79 Å². The summed E-state index contributed by atoms with van der Waals surface area (Å²) in [5, 5.41) is 4.69. The second kappa shape index (κ2) is 10.3. The maximum absolute atomic E-state index is 12.5. The van der Waals surface area contributed by atoms with E-state index in [9.17, 15) is 4.79 Å². The third-order valence-corrected chi connectivity index (χ3v) is 4.26. The molecule has 0 aromatic heterocycles. The zero-order valence-corrected chi connectivity index (χ0v) is 16.7. The first-order valence-corrected chi connectivity index (χ1v) is 9.56. The number of carbonyl (C=O) groups is 1. The van der Waals surface area contributed by atoms with E-state index in [2.05, 4.69) is 10.5 Å². The molecule has 0 aliphatic heterocycles. The number of rotatable bonds is 8. The van der Waals surface area contributed by atoms with Gasteiger partial charge in [0.1, 0.15) is 18.1 Å². The number of amides is 1. The average molecular weight is 409 g/mol. The number of ether oxygens (including phenoxy) is 2. The van der Waals surface area contributed by atoms with E-state index < -0.39 is 0 Å². The second-order valence-corrected chi connectivity index (χ2v) is 6.55. The van der Waals surface area contributed by atoms with Crippen LogP contribution in [-0.2, 0) is 6.61 Å². The molecule has 1 N–H and O–H groups in total. The number of nitrogens with one attached hydrogen (secondary N) is 1. The van der Waals surface area contributed by atoms with Crippen LogP contribution in [0.25, 0.3) is 0 Å². The number of para-hydroxylation sites is 1. The topological polar surface area (TPSA) is 59.9 Å². The normalized spacial score (nSPS) is 10.7. The molecular weight excluding hydrogens is 388 g/mol. The van der Waals surface area contributed by atoms with Crippen LogP contribution in [-0.4, -0.2) is 18.7 Å². The van der Waals surface area contributed by atoms with E-state index in [1.807, 2.05) is 49.4 Å². The molecule has 3 aromatic carbocycles. The van der Waals surface area contributed by atoms with Crippen molar-refractivity contribution < 1.29 is 14.3 Å². The van der Waals surface area contributed by atoms with Gasteiger partial charge in [0, 0.05) is 5.02 Å². The first-order chi connectivity index (χ1) is 14.2. The lowest BCUT2D eigenvalue weighted by atomic mass is 10.2. The summed E-state index contributed by atoms with van der Waals surface area (Å²) in [6.45, 7) is 2.88. The minimum atomic E-state index is -0.348. The van der Waals surface area contributed by atoms with E-state index in [0.29, 0.717) is 29.5 Å². The van der Waals surface area contributed by atoms with Gasteiger partial charge < -0.3 is 9.47 Å². The molecule has 6 heteroatoms. The highest BCUT2D eigenvalue weighted by Crippen LogP contribution is 2.20. The van der Waals surface area contributed by atoms with Crippen LogP contribution >= 0.6 is 11.6 Å². The monoisotopic (exact) mass is 408 g/mol. The molecule has 0 aliphatic rings. The Kier molecular flexibility index (Phi) is 7.25. The average Bonchev–Trinajstić information content (AvgIpc) is 2.75. The molecule has 0 radical (unpaired) electrons. The molecule has 0 spiro atoms. The zero-order valence-electron chi connectivity index (χ0n) is 16.0. The largest absolute Gasteiger partial charge is 0.494 e. The fourth-order valence-corrected chi connectivity index (χ4v) is 2.69. The lowest BCUT2D eigenvalue weighted by Gasteiger charge is -2.10. The predicted molar refractivity (Wildman–Crippen MR) is 115 cm³/mol. The van der Waals surface area contributed by atoms with Crippen molar-refractivity contribution in [1.82, 2.24) is 5.43 Å². The van der Waals surface area contributed by atoms with Gasteiger partial charge in [0.25, 0.3) is 5.91 Å². The molecule has 148 valence electrons. The highest BCUT2D eigenvalue weighted by molar-refractivity contribution is 6.30. The van der Waals surface area contributed by atoms with Gasteiger partial charge in [-0.1, -0.05) is 35.9 Å². The highest BCUT2D eigenvalue weighted by atomic mass is 35.5. The number of hydrogen-bond donors (Lipinski definition) is 1. The summed E-state index contributed by atoms with van der Waals surface area (Å²) in [5.74, 6) is 0.926. The molecule has 5 nitrogen and oxygen atoms in total. The van der Waals surface area contributed by atoms with Gasteiger partial charge in [0.15, 0.2) is 0 Å². The molecule has 0 bridgehead atoms. The van der Waals surface area contributed by atoms with Crippen LogP contribution in [0.1, 0.15) is 28.4 Å². The zero-order chi connectivity index (χ0) is 20.5. The first-order valence-electron chi connectivity index (χ1n) is 9.18. The lowest BCUT2D eigenvalue weighted by Crippen LogP contribution is -2.18. The van der Waals surface area contributed by atoms with Crippen LogP contribution < -0.4 is 14.9 Å². The third kappa shape index (κ3) is 6.09. The number of carbonyl (C=O) groups excluding carboxylic acids is 1. The maximum Gasteiger partial charge on any atom is 0.275 e. The predicted octanol–water partition coefficient (Wildman–Crippen LogP) is 5.08. The fourth-order valence-electron chi connectivity index (χ4n) is 2.56. The lowest BCUT2D eigenvalue weighted by molar-refractivity contribution is 0.0950. The Balaban J connectivity index is 1.61. The van der Waals surface area contributed by atoms with Crippen LogP contribution in [0.2, 0.25) is 5.02 Å². The minimum absolute atomic E-state index is 0.330. The SMILES string of the molecule is CCOc1ccc(/C=N\NC(=O)c2ccccc2OCc2ccc(Cl)cc2)cc1.